The number of anilines is 1. The van der Waals surface area contributed by atoms with Crippen LogP contribution in [0.2, 0.25) is 5.02 Å². The maximum atomic E-state index is 12.2. The third kappa shape index (κ3) is 3.88. The van der Waals surface area contributed by atoms with Gasteiger partial charge >= 0.3 is 0 Å². The number of benzene rings is 1. The molecule has 1 aliphatic heterocycles. The van der Waals surface area contributed by atoms with Crippen LogP contribution in [0.4, 0.5) is 5.69 Å². The highest BCUT2D eigenvalue weighted by Gasteiger charge is 2.29. The lowest BCUT2D eigenvalue weighted by molar-refractivity contribution is -0.124. The van der Waals surface area contributed by atoms with E-state index >= 15 is 0 Å². The fourth-order valence-electron chi connectivity index (χ4n) is 2.33. The number of hydrogen-bond acceptors (Lipinski definition) is 4. The molecule has 2 unspecified atom stereocenters. The molecule has 0 saturated carbocycles. The average molecular weight is 367 g/mol. The molecular formula is C16H15ClN2O2S2. The van der Waals surface area contributed by atoms with E-state index in [0.717, 1.165) is 9.77 Å². The summed E-state index contributed by atoms with van der Waals surface area (Å²) in [6.07, 6.45) is 0.147. The molecule has 3 rings (SSSR count). The summed E-state index contributed by atoms with van der Waals surface area (Å²) < 4.78 is 0. The van der Waals surface area contributed by atoms with Crippen LogP contribution in [0.1, 0.15) is 24.3 Å². The topological polar surface area (TPSA) is 58.2 Å². The van der Waals surface area contributed by atoms with Gasteiger partial charge in [0.25, 0.3) is 0 Å². The van der Waals surface area contributed by atoms with Gasteiger partial charge in [0, 0.05) is 21.2 Å². The van der Waals surface area contributed by atoms with Crippen LogP contribution in [0, 0.1) is 0 Å². The normalized spacial score (nSPS) is 18.0. The Hall–Kier alpha value is -1.50. The van der Waals surface area contributed by atoms with Gasteiger partial charge in [0.15, 0.2) is 0 Å². The summed E-state index contributed by atoms with van der Waals surface area (Å²) in [7, 11) is 0. The summed E-state index contributed by atoms with van der Waals surface area (Å²) in [6.45, 7) is 1.94. The standard InChI is InChI=1S/C16H15ClN2O2S2/c1-9(12-3-2-6-22-12)18-15(20)8-14-16(21)19-11-7-10(17)4-5-13(11)23-14/h2-7,9,14H,8H2,1H3,(H,18,20)(H,19,21). The second-order valence-corrected chi connectivity index (χ2v) is 7.91. The lowest BCUT2D eigenvalue weighted by Gasteiger charge is -2.24. The molecule has 23 heavy (non-hydrogen) atoms. The van der Waals surface area contributed by atoms with Crippen LogP contribution < -0.4 is 10.6 Å². The molecule has 1 aliphatic rings. The fraction of sp³-hybridized carbons (Fsp3) is 0.250. The number of carbonyl (C=O) groups is 2. The Labute approximate surface area is 147 Å². The van der Waals surface area contributed by atoms with Crippen molar-refractivity contribution < 1.29 is 9.59 Å². The molecular weight excluding hydrogens is 352 g/mol. The van der Waals surface area contributed by atoms with Crippen molar-refractivity contribution in [2.24, 2.45) is 0 Å². The van der Waals surface area contributed by atoms with E-state index in [1.165, 1.54) is 11.8 Å². The highest BCUT2D eigenvalue weighted by atomic mass is 35.5. The van der Waals surface area contributed by atoms with Crippen LogP contribution >= 0.6 is 34.7 Å². The van der Waals surface area contributed by atoms with Gasteiger partial charge in [-0.3, -0.25) is 9.59 Å². The lowest BCUT2D eigenvalue weighted by Crippen LogP contribution is -2.35. The minimum Gasteiger partial charge on any atom is -0.349 e. The summed E-state index contributed by atoms with van der Waals surface area (Å²) in [5.41, 5.74) is 0.705. The van der Waals surface area contributed by atoms with Gasteiger partial charge in [0.2, 0.25) is 11.8 Å². The van der Waals surface area contributed by atoms with Gasteiger partial charge in [-0.1, -0.05) is 17.7 Å². The number of nitrogens with one attached hydrogen (secondary N) is 2. The molecule has 1 aromatic carbocycles. The SMILES string of the molecule is CC(NC(=O)CC1Sc2ccc(Cl)cc2NC1=O)c1cccs1. The van der Waals surface area contributed by atoms with Crippen molar-refractivity contribution in [3.63, 3.8) is 0 Å². The molecule has 2 atom stereocenters. The molecule has 1 aromatic heterocycles. The van der Waals surface area contributed by atoms with Crippen molar-refractivity contribution in [1.29, 1.82) is 0 Å². The van der Waals surface area contributed by atoms with Gasteiger partial charge in [-0.05, 0) is 36.6 Å². The summed E-state index contributed by atoms with van der Waals surface area (Å²) >= 11 is 8.93. The molecule has 4 nitrogen and oxygen atoms in total. The van der Waals surface area contributed by atoms with E-state index in [2.05, 4.69) is 10.6 Å². The minimum absolute atomic E-state index is 0.0507. The molecule has 7 heteroatoms. The first-order valence-corrected chi connectivity index (χ1v) is 9.26. The Bertz CT molecular complexity index is 734. The number of rotatable bonds is 4. The van der Waals surface area contributed by atoms with E-state index in [4.69, 9.17) is 11.6 Å². The molecule has 0 aliphatic carbocycles. The Balaban J connectivity index is 1.63. The zero-order chi connectivity index (χ0) is 16.4. The molecule has 2 aromatic rings. The van der Waals surface area contributed by atoms with E-state index in [9.17, 15) is 9.59 Å². The average Bonchev–Trinajstić information content (AvgIpc) is 3.02. The van der Waals surface area contributed by atoms with E-state index in [1.807, 2.05) is 30.5 Å². The number of halogens is 1. The van der Waals surface area contributed by atoms with Gasteiger partial charge in [0.05, 0.1) is 17.0 Å². The van der Waals surface area contributed by atoms with Gasteiger partial charge in [-0.15, -0.1) is 23.1 Å². The van der Waals surface area contributed by atoms with Gasteiger partial charge in [0.1, 0.15) is 0 Å². The molecule has 0 spiro atoms. The maximum absolute atomic E-state index is 12.2. The second kappa shape index (κ2) is 6.95. The first-order valence-electron chi connectivity index (χ1n) is 7.13. The van der Waals surface area contributed by atoms with Gasteiger partial charge in [-0.2, -0.15) is 0 Å². The van der Waals surface area contributed by atoms with Crippen molar-refractivity contribution >= 4 is 52.2 Å². The van der Waals surface area contributed by atoms with Crippen molar-refractivity contribution in [3.8, 4) is 0 Å². The van der Waals surface area contributed by atoms with Crippen LogP contribution in [-0.2, 0) is 9.59 Å². The predicted molar refractivity (Wildman–Crippen MR) is 95.2 cm³/mol. The number of carbonyl (C=O) groups excluding carboxylic acids is 2. The highest BCUT2D eigenvalue weighted by molar-refractivity contribution is 8.01. The molecule has 2 heterocycles. The number of hydrogen-bond donors (Lipinski definition) is 2. The minimum atomic E-state index is -0.431. The van der Waals surface area contributed by atoms with E-state index < -0.39 is 5.25 Å². The van der Waals surface area contributed by atoms with E-state index in [1.54, 1.807) is 23.5 Å². The fourth-order valence-corrected chi connectivity index (χ4v) is 4.33. The Morgan fingerprint density at radius 1 is 1.43 bits per heavy atom. The van der Waals surface area contributed by atoms with E-state index in [0.29, 0.717) is 10.7 Å². The Morgan fingerprint density at radius 2 is 2.26 bits per heavy atom. The van der Waals surface area contributed by atoms with Gasteiger partial charge < -0.3 is 10.6 Å². The molecule has 2 N–H and O–H groups in total. The Kier molecular flexibility index (Phi) is 4.94. The third-order valence-corrected chi connectivity index (χ3v) is 6.04. The number of thioether (sulfide) groups is 1. The zero-order valence-electron chi connectivity index (χ0n) is 12.3. The van der Waals surface area contributed by atoms with E-state index in [-0.39, 0.29) is 24.3 Å². The lowest BCUT2D eigenvalue weighted by atomic mass is 10.2. The number of amides is 2. The number of fused-ring (bicyclic) bond motifs is 1. The van der Waals surface area contributed by atoms with Crippen LogP contribution in [0.3, 0.4) is 0 Å². The molecule has 0 saturated heterocycles. The third-order valence-electron chi connectivity index (χ3n) is 3.48. The smallest absolute Gasteiger partial charge is 0.238 e. The first-order chi connectivity index (χ1) is 11.0. The molecule has 0 radical (unpaired) electrons. The monoisotopic (exact) mass is 366 g/mol. The van der Waals surface area contributed by atoms with Crippen molar-refractivity contribution in [2.75, 3.05) is 5.32 Å². The Morgan fingerprint density at radius 3 is 3.00 bits per heavy atom. The van der Waals surface area contributed by atoms with Gasteiger partial charge in [-0.25, -0.2) is 0 Å². The molecule has 0 bridgehead atoms. The largest absolute Gasteiger partial charge is 0.349 e. The summed E-state index contributed by atoms with van der Waals surface area (Å²) in [5.74, 6) is -0.292. The van der Waals surface area contributed by atoms with Crippen LogP contribution in [0.5, 0.6) is 0 Å². The summed E-state index contributed by atoms with van der Waals surface area (Å²) in [6, 6.07) is 9.25. The maximum Gasteiger partial charge on any atom is 0.238 e. The van der Waals surface area contributed by atoms with Crippen molar-refractivity contribution in [1.82, 2.24) is 5.32 Å². The van der Waals surface area contributed by atoms with Crippen molar-refractivity contribution in [3.05, 3.63) is 45.6 Å². The summed E-state index contributed by atoms with van der Waals surface area (Å²) in [4.78, 5) is 26.4. The quantitative estimate of drug-likeness (QED) is 0.857. The van der Waals surface area contributed by atoms with Crippen LogP contribution in [0.25, 0.3) is 0 Å². The predicted octanol–water partition coefficient (Wildman–Crippen LogP) is 4.08. The highest BCUT2D eigenvalue weighted by Crippen LogP contribution is 2.38. The molecule has 120 valence electrons. The number of thiophene rings is 1. The van der Waals surface area contributed by atoms with Crippen LogP contribution in [0.15, 0.2) is 40.6 Å². The van der Waals surface area contributed by atoms with Crippen LogP contribution in [-0.4, -0.2) is 17.1 Å². The molecule has 2 amide bonds. The second-order valence-electron chi connectivity index (χ2n) is 5.24. The zero-order valence-corrected chi connectivity index (χ0v) is 14.7. The summed E-state index contributed by atoms with van der Waals surface area (Å²) in [5, 5.41) is 7.88. The first kappa shape index (κ1) is 16.4. The van der Waals surface area contributed by atoms with Crippen molar-refractivity contribution in [2.45, 2.75) is 29.5 Å². The molecule has 0 fully saturated rings.